The summed E-state index contributed by atoms with van der Waals surface area (Å²) in [4.78, 5) is 32.3. The highest BCUT2D eigenvalue weighted by molar-refractivity contribution is 9.10. The third-order valence-corrected chi connectivity index (χ3v) is 4.06. The van der Waals surface area contributed by atoms with Gasteiger partial charge in [-0.2, -0.15) is 0 Å². The van der Waals surface area contributed by atoms with Crippen LogP contribution >= 0.6 is 15.9 Å². The largest absolute Gasteiger partial charge is 0.444 e. The Bertz CT molecular complexity index is 586. The minimum Gasteiger partial charge on any atom is -0.444 e. The predicted molar refractivity (Wildman–Crippen MR) is 90.3 cm³/mol. The summed E-state index contributed by atoms with van der Waals surface area (Å²) in [6.45, 7) is 7.69. The number of pyridine rings is 1. The minimum atomic E-state index is -0.514. The van der Waals surface area contributed by atoms with E-state index in [-0.39, 0.29) is 12.0 Å². The summed E-state index contributed by atoms with van der Waals surface area (Å²) < 4.78 is 5.94. The molecule has 7 heteroatoms. The van der Waals surface area contributed by atoms with Crippen LogP contribution in [-0.4, -0.2) is 58.6 Å². The Hall–Kier alpha value is -1.63. The number of amides is 2. The molecule has 0 bridgehead atoms. The second kappa shape index (κ2) is 7.29. The van der Waals surface area contributed by atoms with Crippen molar-refractivity contribution in [3.63, 3.8) is 0 Å². The zero-order valence-corrected chi connectivity index (χ0v) is 15.3. The van der Waals surface area contributed by atoms with Crippen molar-refractivity contribution in [3.05, 3.63) is 28.5 Å². The zero-order chi connectivity index (χ0) is 17.0. The van der Waals surface area contributed by atoms with E-state index in [0.717, 1.165) is 6.42 Å². The lowest BCUT2D eigenvalue weighted by Crippen LogP contribution is -2.40. The van der Waals surface area contributed by atoms with Gasteiger partial charge in [-0.25, -0.2) is 9.78 Å². The second-order valence-electron chi connectivity index (χ2n) is 6.45. The van der Waals surface area contributed by atoms with Crippen molar-refractivity contribution in [1.29, 1.82) is 0 Å². The molecular weight excluding hydrogens is 362 g/mol. The summed E-state index contributed by atoms with van der Waals surface area (Å²) in [6.07, 6.45) is 2.03. The van der Waals surface area contributed by atoms with Gasteiger partial charge in [-0.3, -0.25) is 4.79 Å². The first-order valence-electron chi connectivity index (χ1n) is 7.65. The molecule has 1 aromatic rings. The van der Waals surface area contributed by atoms with Gasteiger partial charge in [0.05, 0.1) is 5.56 Å². The molecule has 2 amide bonds. The Morgan fingerprint density at radius 1 is 1.17 bits per heavy atom. The molecule has 0 saturated carbocycles. The van der Waals surface area contributed by atoms with Crippen molar-refractivity contribution in [1.82, 2.24) is 14.8 Å². The number of carbonyl (C=O) groups excluding carboxylic acids is 2. The number of ether oxygens (including phenoxy) is 1. The average molecular weight is 384 g/mol. The van der Waals surface area contributed by atoms with E-state index in [9.17, 15) is 9.59 Å². The van der Waals surface area contributed by atoms with Crippen LogP contribution in [0.3, 0.4) is 0 Å². The maximum atomic E-state index is 12.6. The lowest BCUT2D eigenvalue weighted by molar-refractivity contribution is 0.0255. The quantitative estimate of drug-likeness (QED) is 0.699. The molecule has 23 heavy (non-hydrogen) atoms. The summed E-state index contributed by atoms with van der Waals surface area (Å²) in [6, 6.07) is 3.48. The molecule has 1 aliphatic heterocycles. The fraction of sp³-hybridized carbons (Fsp3) is 0.562. The Kier molecular flexibility index (Phi) is 5.62. The normalized spacial score (nSPS) is 16.0. The van der Waals surface area contributed by atoms with Gasteiger partial charge in [-0.05, 0) is 55.3 Å². The summed E-state index contributed by atoms with van der Waals surface area (Å²) in [5.41, 5.74) is 0.0256. The summed E-state index contributed by atoms with van der Waals surface area (Å²) in [5.74, 6) is -0.0731. The molecule has 0 unspecified atom stereocenters. The molecule has 0 radical (unpaired) electrons. The van der Waals surface area contributed by atoms with Crippen LogP contribution in [0.1, 0.15) is 37.6 Å². The number of halogens is 1. The van der Waals surface area contributed by atoms with Crippen LogP contribution in [0.15, 0.2) is 22.9 Å². The van der Waals surface area contributed by atoms with Crippen molar-refractivity contribution in [2.45, 2.75) is 32.8 Å². The van der Waals surface area contributed by atoms with Crippen molar-refractivity contribution in [3.8, 4) is 0 Å². The van der Waals surface area contributed by atoms with E-state index in [4.69, 9.17) is 4.74 Å². The molecule has 0 spiro atoms. The summed E-state index contributed by atoms with van der Waals surface area (Å²) in [7, 11) is 0. The van der Waals surface area contributed by atoms with Gasteiger partial charge >= 0.3 is 6.09 Å². The van der Waals surface area contributed by atoms with Crippen LogP contribution in [0, 0.1) is 0 Å². The van der Waals surface area contributed by atoms with Crippen LogP contribution in [0.2, 0.25) is 0 Å². The van der Waals surface area contributed by atoms with Crippen LogP contribution in [0.5, 0.6) is 0 Å². The first kappa shape index (κ1) is 17.7. The lowest BCUT2D eigenvalue weighted by Gasteiger charge is -2.26. The summed E-state index contributed by atoms with van der Waals surface area (Å²) in [5, 5.41) is 0. The van der Waals surface area contributed by atoms with Crippen molar-refractivity contribution < 1.29 is 14.3 Å². The van der Waals surface area contributed by atoms with Gasteiger partial charge in [-0.15, -0.1) is 0 Å². The molecule has 2 rings (SSSR count). The standard InChI is InChI=1S/C16H22BrN3O3/c1-16(2,3)23-15(22)20-9-5-8-19(10-11-20)14(21)12-6-4-7-18-13(12)17/h4,6-7H,5,8-11H2,1-3H3. The molecule has 0 aromatic carbocycles. The fourth-order valence-electron chi connectivity index (χ4n) is 2.35. The summed E-state index contributed by atoms with van der Waals surface area (Å²) >= 11 is 3.31. The van der Waals surface area contributed by atoms with Gasteiger partial charge in [0.15, 0.2) is 0 Å². The molecule has 1 aliphatic rings. The van der Waals surface area contributed by atoms with E-state index < -0.39 is 5.60 Å². The highest BCUT2D eigenvalue weighted by atomic mass is 79.9. The number of hydrogen-bond acceptors (Lipinski definition) is 4. The highest BCUT2D eigenvalue weighted by Crippen LogP contribution is 2.17. The van der Waals surface area contributed by atoms with E-state index in [1.54, 1.807) is 28.1 Å². The second-order valence-corrected chi connectivity index (χ2v) is 7.21. The molecule has 1 fully saturated rings. The first-order valence-corrected chi connectivity index (χ1v) is 8.45. The van der Waals surface area contributed by atoms with Gasteiger partial charge in [0.2, 0.25) is 0 Å². The fourth-order valence-corrected chi connectivity index (χ4v) is 2.77. The number of carbonyl (C=O) groups is 2. The van der Waals surface area contributed by atoms with Gasteiger partial charge in [-0.1, -0.05) is 0 Å². The molecule has 0 atom stereocenters. The minimum absolute atomic E-state index is 0.0731. The van der Waals surface area contributed by atoms with Crippen LogP contribution in [0.4, 0.5) is 4.79 Å². The smallest absolute Gasteiger partial charge is 0.410 e. The molecule has 0 aliphatic carbocycles. The molecule has 6 nitrogen and oxygen atoms in total. The van der Waals surface area contributed by atoms with Gasteiger partial charge < -0.3 is 14.5 Å². The van der Waals surface area contributed by atoms with E-state index in [0.29, 0.717) is 36.3 Å². The molecule has 1 saturated heterocycles. The van der Waals surface area contributed by atoms with Crippen LogP contribution in [-0.2, 0) is 4.74 Å². The van der Waals surface area contributed by atoms with E-state index in [1.165, 1.54) is 0 Å². The van der Waals surface area contributed by atoms with Gasteiger partial charge in [0.25, 0.3) is 5.91 Å². The third kappa shape index (κ3) is 4.92. The van der Waals surface area contributed by atoms with Crippen LogP contribution < -0.4 is 0 Å². The molecule has 126 valence electrons. The maximum Gasteiger partial charge on any atom is 0.410 e. The molecule has 2 heterocycles. The van der Waals surface area contributed by atoms with Crippen LogP contribution in [0.25, 0.3) is 0 Å². The Balaban J connectivity index is 2.00. The van der Waals surface area contributed by atoms with E-state index >= 15 is 0 Å². The molecule has 1 aromatic heterocycles. The first-order chi connectivity index (χ1) is 10.8. The monoisotopic (exact) mass is 383 g/mol. The average Bonchev–Trinajstić information content (AvgIpc) is 2.71. The van der Waals surface area contributed by atoms with Crippen molar-refractivity contribution >= 4 is 27.9 Å². The third-order valence-electron chi connectivity index (χ3n) is 3.42. The topological polar surface area (TPSA) is 62.7 Å². The number of hydrogen-bond donors (Lipinski definition) is 0. The van der Waals surface area contributed by atoms with Gasteiger partial charge in [0.1, 0.15) is 10.2 Å². The van der Waals surface area contributed by atoms with Crippen molar-refractivity contribution in [2.75, 3.05) is 26.2 Å². The highest BCUT2D eigenvalue weighted by Gasteiger charge is 2.26. The predicted octanol–water partition coefficient (Wildman–Crippen LogP) is 2.93. The lowest BCUT2D eigenvalue weighted by atomic mass is 10.2. The molecular formula is C16H22BrN3O3. The van der Waals surface area contributed by atoms with Crippen molar-refractivity contribution in [2.24, 2.45) is 0 Å². The Morgan fingerprint density at radius 3 is 2.48 bits per heavy atom. The maximum absolute atomic E-state index is 12.6. The number of aromatic nitrogens is 1. The van der Waals surface area contributed by atoms with E-state index in [1.807, 2.05) is 20.8 Å². The Labute approximate surface area is 144 Å². The van der Waals surface area contributed by atoms with E-state index in [2.05, 4.69) is 20.9 Å². The number of nitrogens with zero attached hydrogens (tertiary/aromatic N) is 3. The Morgan fingerprint density at radius 2 is 1.83 bits per heavy atom. The number of rotatable bonds is 1. The molecule has 0 N–H and O–H groups in total. The SMILES string of the molecule is CC(C)(C)OC(=O)N1CCCN(C(=O)c2cccnc2Br)CC1. The zero-order valence-electron chi connectivity index (χ0n) is 13.7. The van der Waals surface area contributed by atoms with Gasteiger partial charge in [0, 0.05) is 32.4 Å².